The molecule has 54 valence electrons. The Balaban J connectivity index is 3.19. The SMILES string of the molecule is CNc1cc(N)[nH]c(=O)c1. The molecule has 0 radical (unpaired) electrons. The molecule has 0 aliphatic rings. The molecule has 4 N–H and O–H groups in total. The number of aromatic amines is 1. The van der Waals surface area contributed by atoms with E-state index in [4.69, 9.17) is 5.73 Å². The Bertz CT molecular complexity index is 279. The molecule has 0 atom stereocenters. The molecule has 0 aromatic carbocycles. The van der Waals surface area contributed by atoms with Gasteiger partial charge in [-0.1, -0.05) is 0 Å². The number of nitrogens with two attached hydrogens (primary N) is 1. The van der Waals surface area contributed by atoms with Crippen LogP contribution in [0.25, 0.3) is 0 Å². The zero-order valence-electron chi connectivity index (χ0n) is 5.64. The molecule has 0 aliphatic carbocycles. The fourth-order valence-electron chi connectivity index (χ4n) is 0.709. The first-order valence-corrected chi connectivity index (χ1v) is 2.90. The number of H-pyrrole nitrogens is 1. The van der Waals surface area contributed by atoms with Crippen molar-refractivity contribution in [1.82, 2.24) is 4.98 Å². The average Bonchev–Trinajstić information content (AvgIpc) is 1.85. The van der Waals surface area contributed by atoms with Gasteiger partial charge < -0.3 is 16.0 Å². The van der Waals surface area contributed by atoms with E-state index in [-0.39, 0.29) is 5.56 Å². The maximum absolute atomic E-state index is 10.7. The maximum Gasteiger partial charge on any atom is 0.251 e. The van der Waals surface area contributed by atoms with Gasteiger partial charge in [0.1, 0.15) is 5.82 Å². The molecule has 0 spiro atoms. The van der Waals surface area contributed by atoms with Crippen LogP contribution >= 0.6 is 0 Å². The van der Waals surface area contributed by atoms with Gasteiger partial charge in [-0.3, -0.25) is 4.79 Å². The minimum atomic E-state index is -0.190. The highest BCUT2D eigenvalue weighted by molar-refractivity contribution is 5.48. The second kappa shape index (κ2) is 2.43. The van der Waals surface area contributed by atoms with E-state index < -0.39 is 0 Å². The largest absolute Gasteiger partial charge is 0.388 e. The predicted molar refractivity (Wildman–Crippen MR) is 41.0 cm³/mol. The number of pyridine rings is 1. The van der Waals surface area contributed by atoms with Gasteiger partial charge in [0.05, 0.1) is 0 Å². The van der Waals surface area contributed by atoms with Gasteiger partial charge in [-0.15, -0.1) is 0 Å². The van der Waals surface area contributed by atoms with Crippen LogP contribution in [0.4, 0.5) is 11.5 Å². The molecule has 4 nitrogen and oxygen atoms in total. The molecule has 0 saturated heterocycles. The number of anilines is 2. The van der Waals surface area contributed by atoms with Gasteiger partial charge in [0.2, 0.25) is 0 Å². The molecule has 0 amide bonds. The summed E-state index contributed by atoms with van der Waals surface area (Å²) < 4.78 is 0. The molecule has 0 unspecified atom stereocenters. The van der Waals surface area contributed by atoms with Crippen LogP contribution in [0.3, 0.4) is 0 Å². The molecule has 4 heteroatoms. The Hall–Kier alpha value is -1.45. The van der Waals surface area contributed by atoms with Gasteiger partial charge in [-0.2, -0.15) is 0 Å². The van der Waals surface area contributed by atoms with Crippen LogP contribution < -0.4 is 16.6 Å². The van der Waals surface area contributed by atoms with Gasteiger partial charge in [-0.05, 0) is 0 Å². The van der Waals surface area contributed by atoms with Crippen molar-refractivity contribution in [2.75, 3.05) is 18.1 Å². The number of nitrogen functional groups attached to an aromatic ring is 1. The van der Waals surface area contributed by atoms with E-state index in [9.17, 15) is 4.79 Å². The number of hydrogen-bond donors (Lipinski definition) is 3. The van der Waals surface area contributed by atoms with Crippen molar-refractivity contribution in [2.24, 2.45) is 0 Å². The lowest BCUT2D eigenvalue weighted by molar-refractivity contribution is 1.24. The van der Waals surface area contributed by atoms with E-state index in [1.807, 2.05) is 0 Å². The Labute approximate surface area is 58.1 Å². The minimum absolute atomic E-state index is 0.190. The zero-order valence-corrected chi connectivity index (χ0v) is 5.64. The summed E-state index contributed by atoms with van der Waals surface area (Å²) in [4.78, 5) is 13.1. The monoisotopic (exact) mass is 139 g/mol. The molecule has 1 aromatic heterocycles. The standard InChI is InChI=1S/C6H9N3O/c1-8-4-2-5(7)9-6(10)3-4/h2-3H,1H3,(H4,7,8,9,10). The van der Waals surface area contributed by atoms with E-state index in [1.54, 1.807) is 13.1 Å². The second-order valence-electron chi connectivity index (χ2n) is 1.94. The van der Waals surface area contributed by atoms with Crippen LogP contribution in [0.15, 0.2) is 16.9 Å². The number of aromatic nitrogens is 1. The van der Waals surface area contributed by atoms with Crippen molar-refractivity contribution in [3.05, 3.63) is 22.5 Å². The fourth-order valence-corrected chi connectivity index (χ4v) is 0.709. The van der Waals surface area contributed by atoms with Crippen LogP contribution in [-0.4, -0.2) is 12.0 Å². The Morgan fingerprint density at radius 1 is 1.60 bits per heavy atom. The van der Waals surface area contributed by atoms with E-state index in [1.165, 1.54) is 6.07 Å². The molecular formula is C6H9N3O. The molecule has 1 rings (SSSR count). The highest BCUT2D eigenvalue weighted by Gasteiger charge is 1.91. The topological polar surface area (TPSA) is 70.9 Å². The Morgan fingerprint density at radius 3 is 2.80 bits per heavy atom. The van der Waals surface area contributed by atoms with Gasteiger partial charge in [0, 0.05) is 24.9 Å². The smallest absolute Gasteiger partial charge is 0.251 e. The molecular weight excluding hydrogens is 130 g/mol. The van der Waals surface area contributed by atoms with E-state index in [0.29, 0.717) is 5.82 Å². The Kier molecular flexibility index (Phi) is 1.62. The predicted octanol–water partition coefficient (Wildman–Crippen LogP) is -0.00120. The average molecular weight is 139 g/mol. The van der Waals surface area contributed by atoms with Crippen molar-refractivity contribution < 1.29 is 0 Å². The first-order valence-electron chi connectivity index (χ1n) is 2.90. The third-order valence-electron chi connectivity index (χ3n) is 1.15. The van der Waals surface area contributed by atoms with E-state index >= 15 is 0 Å². The number of rotatable bonds is 1. The third-order valence-corrected chi connectivity index (χ3v) is 1.15. The maximum atomic E-state index is 10.7. The fraction of sp³-hybridized carbons (Fsp3) is 0.167. The molecule has 1 aromatic rings. The first kappa shape index (κ1) is 6.67. The second-order valence-corrected chi connectivity index (χ2v) is 1.94. The van der Waals surface area contributed by atoms with Crippen molar-refractivity contribution >= 4 is 11.5 Å². The van der Waals surface area contributed by atoms with Crippen molar-refractivity contribution in [1.29, 1.82) is 0 Å². The molecule has 0 aliphatic heterocycles. The molecule has 1 heterocycles. The molecule has 0 fully saturated rings. The normalized spacial score (nSPS) is 9.30. The summed E-state index contributed by atoms with van der Waals surface area (Å²) in [6.07, 6.45) is 0. The van der Waals surface area contributed by atoms with Crippen molar-refractivity contribution in [2.45, 2.75) is 0 Å². The summed E-state index contributed by atoms with van der Waals surface area (Å²) in [7, 11) is 1.73. The highest BCUT2D eigenvalue weighted by atomic mass is 16.1. The summed E-state index contributed by atoms with van der Waals surface area (Å²) in [6.45, 7) is 0. The molecule has 0 saturated carbocycles. The van der Waals surface area contributed by atoms with Gasteiger partial charge in [-0.25, -0.2) is 0 Å². The lowest BCUT2D eigenvalue weighted by Gasteiger charge is -1.98. The Morgan fingerprint density at radius 2 is 2.30 bits per heavy atom. The van der Waals surface area contributed by atoms with Gasteiger partial charge in [0.15, 0.2) is 0 Å². The summed E-state index contributed by atoms with van der Waals surface area (Å²) in [5.74, 6) is 0.372. The quantitative estimate of drug-likeness (QED) is 0.512. The van der Waals surface area contributed by atoms with Crippen LogP contribution in [0.5, 0.6) is 0 Å². The summed E-state index contributed by atoms with van der Waals surface area (Å²) in [5.41, 5.74) is 5.87. The van der Waals surface area contributed by atoms with Crippen molar-refractivity contribution in [3.63, 3.8) is 0 Å². The van der Waals surface area contributed by atoms with E-state index in [2.05, 4.69) is 10.3 Å². The summed E-state index contributed by atoms with van der Waals surface area (Å²) in [5, 5.41) is 2.81. The van der Waals surface area contributed by atoms with Crippen LogP contribution in [0.2, 0.25) is 0 Å². The molecule has 0 bridgehead atoms. The van der Waals surface area contributed by atoms with E-state index in [0.717, 1.165) is 5.69 Å². The van der Waals surface area contributed by atoms with Crippen molar-refractivity contribution in [3.8, 4) is 0 Å². The lowest BCUT2D eigenvalue weighted by atomic mass is 10.4. The molecule has 10 heavy (non-hydrogen) atoms. The van der Waals surface area contributed by atoms with Gasteiger partial charge >= 0.3 is 0 Å². The third kappa shape index (κ3) is 1.28. The first-order chi connectivity index (χ1) is 4.72. The summed E-state index contributed by atoms with van der Waals surface area (Å²) >= 11 is 0. The van der Waals surface area contributed by atoms with Crippen LogP contribution in [-0.2, 0) is 0 Å². The lowest BCUT2D eigenvalue weighted by Crippen LogP contribution is -2.08. The van der Waals surface area contributed by atoms with Crippen LogP contribution in [0, 0.1) is 0 Å². The van der Waals surface area contributed by atoms with Crippen LogP contribution in [0.1, 0.15) is 0 Å². The minimum Gasteiger partial charge on any atom is -0.388 e. The zero-order chi connectivity index (χ0) is 7.56. The van der Waals surface area contributed by atoms with Gasteiger partial charge in [0.25, 0.3) is 5.56 Å². The summed E-state index contributed by atoms with van der Waals surface area (Å²) in [6, 6.07) is 3.10. The number of nitrogens with one attached hydrogen (secondary N) is 2. The highest BCUT2D eigenvalue weighted by Crippen LogP contribution is 2.03. The number of hydrogen-bond acceptors (Lipinski definition) is 3.